The monoisotopic (exact) mass is 186 g/mol. The SMILES string of the molecule is CC(O)CCCN1CCC(N)C1=O. The normalized spacial score (nSPS) is 25.3. The molecule has 0 radical (unpaired) electrons. The highest BCUT2D eigenvalue weighted by atomic mass is 16.3. The maximum Gasteiger partial charge on any atom is 0.239 e. The first-order valence-electron chi connectivity index (χ1n) is 4.83. The molecule has 1 aliphatic rings. The standard InChI is InChI=1S/C9H18N2O2/c1-7(12)3-2-5-11-6-4-8(10)9(11)13/h7-8,12H,2-6,10H2,1H3. The van der Waals surface area contributed by atoms with Crippen molar-refractivity contribution in [3.8, 4) is 0 Å². The number of carbonyl (C=O) groups is 1. The molecule has 1 saturated heterocycles. The molecule has 1 rings (SSSR count). The highest BCUT2D eigenvalue weighted by Gasteiger charge is 2.27. The van der Waals surface area contributed by atoms with Crippen molar-refractivity contribution in [3.05, 3.63) is 0 Å². The van der Waals surface area contributed by atoms with Crippen LogP contribution < -0.4 is 5.73 Å². The Kier molecular flexibility index (Phi) is 3.69. The fourth-order valence-corrected chi connectivity index (χ4v) is 1.56. The van der Waals surface area contributed by atoms with Crippen molar-refractivity contribution in [1.29, 1.82) is 0 Å². The van der Waals surface area contributed by atoms with Crippen LogP contribution in [0.2, 0.25) is 0 Å². The lowest BCUT2D eigenvalue weighted by Gasteiger charge is -2.15. The molecule has 0 aromatic heterocycles. The summed E-state index contributed by atoms with van der Waals surface area (Å²) in [6.45, 7) is 3.27. The molecule has 4 nitrogen and oxygen atoms in total. The maximum absolute atomic E-state index is 11.3. The smallest absolute Gasteiger partial charge is 0.239 e. The molecule has 0 bridgehead atoms. The average molecular weight is 186 g/mol. The Morgan fingerprint density at radius 1 is 1.77 bits per heavy atom. The summed E-state index contributed by atoms with van der Waals surface area (Å²) in [6.07, 6.45) is 2.11. The fourth-order valence-electron chi connectivity index (χ4n) is 1.56. The second kappa shape index (κ2) is 4.58. The topological polar surface area (TPSA) is 66.6 Å². The van der Waals surface area contributed by atoms with Gasteiger partial charge in [0.2, 0.25) is 5.91 Å². The third-order valence-corrected chi connectivity index (χ3v) is 2.39. The molecule has 4 heteroatoms. The highest BCUT2D eigenvalue weighted by Crippen LogP contribution is 2.10. The van der Waals surface area contributed by atoms with Crippen LogP contribution in [0.5, 0.6) is 0 Å². The van der Waals surface area contributed by atoms with Gasteiger partial charge in [-0.3, -0.25) is 4.79 Å². The molecule has 0 spiro atoms. The summed E-state index contributed by atoms with van der Waals surface area (Å²) < 4.78 is 0. The lowest BCUT2D eigenvalue weighted by molar-refractivity contribution is -0.128. The molecule has 1 fully saturated rings. The Morgan fingerprint density at radius 3 is 2.92 bits per heavy atom. The average Bonchev–Trinajstić information content (AvgIpc) is 2.35. The van der Waals surface area contributed by atoms with E-state index in [1.54, 1.807) is 11.8 Å². The van der Waals surface area contributed by atoms with E-state index in [-0.39, 0.29) is 18.1 Å². The number of amides is 1. The van der Waals surface area contributed by atoms with Gasteiger partial charge in [-0.15, -0.1) is 0 Å². The number of hydrogen-bond donors (Lipinski definition) is 2. The van der Waals surface area contributed by atoms with Gasteiger partial charge in [0, 0.05) is 13.1 Å². The van der Waals surface area contributed by atoms with E-state index >= 15 is 0 Å². The Labute approximate surface area is 78.7 Å². The number of rotatable bonds is 4. The Hall–Kier alpha value is -0.610. The quantitative estimate of drug-likeness (QED) is 0.634. The van der Waals surface area contributed by atoms with Gasteiger partial charge in [0.25, 0.3) is 0 Å². The number of nitrogens with zero attached hydrogens (tertiary/aromatic N) is 1. The summed E-state index contributed by atoms with van der Waals surface area (Å²) in [4.78, 5) is 13.1. The first-order valence-corrected chi connectivity index (χ1v) is 4.83. The Bertz CT molecular complexity index is 182. The summed E-state index contributed by atoms with van der Waals surface area (Å²) in [7, 11) is 0. The van der Waals surface area contributed by atoms with E-state index < -0.39 is 0 Å². The van der Waals surface area contributed by atoms with Gasteiger partial charge in [-0.2, -0.15) is 0 Å². The van der Waals surface area contributed by atoms with Crippen molar-refractivity contribution < 1.29 is 9.90 Å². The summed E-state index contributed by atoms with van der Waals surface area (Å²) in [6, 6.07) is -0.286. The fraction of sp³-hybridized carbons (Fsp3) is 0.889. The van der Waals surface area contributed by atoms with Gasteiger partial charge in [-0.1, -0.05) is 0 Å². The molecule has 1 aliphatic heterocycles. The third kappa shape index (κ3) is 2.97. The molecule has 2 atom stereocenters. The minimum atomic E-state index is -0.286. The lowest BCUT2D eigenvalue weighted by atomic mass is 10.2. The van der Waals surface area contributed by atoms with Crippen LogP contribution in [0.3, 0.4) is 0 Å². The van der Waals surface area contributed by atoms with Crippen LogP contribution in [0.1, 0.15) is 26.2 Å². The molecule has 1 amide bonds. The molecule has 0 aromatic rings. The van der Waals surface area contributed by atoms with Crippen molar-refractivity contribution in [3.63, 3.8) is 0 Å². The van der Waals surface area contributed by atoms with Gasteiger partial charge in [-0.25, -0.2) is 0 Å². The van der Waals surface area contributed by atoms with Gasteiger partial charge in [0.1, 0.15) is 0 Å². The van der Waals surface area contributed by atoms with Crippen molar-refractivity contribution in [2.45, 2.75) is 38.3 Å². The van der Waals surface area contributed by atoms with E-state index in [0.29, 0.717) is 0 Å². The van der Waals surface area contributed by atoms with E-state index in [1.165, 1.54) is 0 Å². The summed E-state index contributed by atoms with van der Waals surface area (Å²) in [5.74, 6) is 0.0607. The van der Waals surface area contributed by atoms with Gasteiger partial charge in [-0.05, 0) is 26.2 Å². The first kappa shape index (κ1) is 10.5. The molecule has 1 heterocycles. The minimum absolute atomic E-state index is 0.0607. The summed E-state index contributed by atoms with van der Waals surface area (Å²) in [5.41, 5.74) is 5.56. The van der Waals surface area contributed by atoms with Crippen LogP contribution in [0.25, 0.3) is 0 Å². The van der Waals surface area contributed by atoms with Crippen LogP contribution in [0, 0.1) is 0 Å². The Morgan fingerprint density at radius 2 is 2.46 bits per heavy atom. The molecule has 76 valence electrons. The van der Waals surface area contributed by atoms with Crippen LogP contribution in [0.15, 0.2) is 0 Å². The van der Waals surface area contributed by atoms with E-state index in [1.807, 2.05) is 0 Å². The second-order valence-corrected chi connectivity index (χ2v) is 3.71. The summed E-state index contributed by atoms with van der Waals surface area (Å²) >= 11 is 0. The van der Waals surface area contributed by atoms with Gasteiger partial charge in [0.05, 0.1) is 12.1 Å². The minimum Gasteiger partial charge on any atom is -0.393 e. The van der Waals surface area contributed by atoms with Crippen LogP contribution in [0.4, 0.5) is 0 Å². The zero-order chi connectivity index (χ0) is 9.84. The van der Waals surface area contributed by atoms with Gasteiger partial charge >= 0.3 is 0 Å². The zero-order valence-electron chi connectivity index (χ0n) is 8.07. The third-order valence-electron chi connectivity index (χ3n) is 2.39. The van der Waals surface area contributed by atoms with Crippen LogP contribution >= 0.6 is 0 Å². The van der Waals surface area contributed by atoms with Crippen LogP contribution in [-0.4, -0.2) is 41.1 Å². The molecule has 2 unspecified atom stereocenters. The number of likely N-dealkylation sites (tertiary alicyclic amines) is 1. The number of hydrogen-bond acceptors (Lipinski definition) is 3. The first-order chi connectivity index (χ1) is 6.11. The number of nitrogens with two attached hydrogens (primary N) is 1. The van der Waals surface area contributed by atoms with Crippen LogP contribution in [-0.2, 0) is 4.79 Å². The molecule has 13 heavy (non-hydrogen) atoms. The molecule has 3 N–H and O–H groups in total. The lowest BCUT2D eigenvalue weighted by Crippen LogP contribution is -2.34. The maximum atomic E-state index is 11.3. The van der Waals surface area contributed by atoms with E-state index in [9.17, 15) is 4.79 Å². The van der Waals surface area contributed by atoms with E-state index in [0.717, 1.165) is 32.4 Å². The largest absolute Gasteiger partial charge is 0.393 e. The molecule has 0 aromatic carbocycles. The molecule has 0 saturated carbocycles. The van der Waals surface area contributed by atoms with Gasteiger partial charge in [0.15, 0.2) is 0 Å². The predicted molar refractivity (Wildman–Crippen MR) is 50.1 cm³/mol. The molecular weight excluding hydrogens is 168 g/mol. The molecule has 0 aliphatic carbocycles. The van der Waals surface area contributed by atoms with Gasteiger partial charge < -0.3 is 15.7 Å². The Balaban J connectivity index is 2.19. The van der Waals surface area contributed by atoms with Crippen molar-refractivity contribution >= 4 is 5.91 Å². The highest BCUT2D eigenvalue weighted by molar-refractivity contribution is 5.83. The number of carbonyl (C=O) groups excluding carboxylic acids is 1. The van der Waals surface area contributed by atoms with E-state index in [2.05, 4.69) is 0 Å². The predicted octanol–water partition coefficient (Wildman–Crippen LogP) is -0.293. The number of aliphatic hydroxyl groups excluding tert-OH is 1. The van der Waals surface area contributed by atoms with Crippen molar-refractivity contribution in [2.24, 2.45) is 5.73 Å². The van der Waals surface area contributed by atoms with Crippen molar-refractivity contribution in [1.82, 2.24) is 4.90 Å². The van der Waals surface area contributed by atoms with Crippen molar-refractivity contribution in [2.75, 3.05) is 13.1 Å². The number of aliphatic hydroxyl groups is 1. The zero-order valence-corrected chi connectivity index (χ0v) is 8.07. The summed E-state index contributed by atoms with van der Waals surface area (Å²) in [5, 5.41) is 9.02. The second-order valence-electron chi connectivity index (χ2n) is 3.71. The molecular formula is C9H18N2O2. The van der Waals surface area contributed by atoms with E-state index in [4.69, 9.17) is 10.8 Å².